The summed E-state index contributed by atoms with van der Waals surface area (Å²) in [4.78, 5) is 2.21. The first-order valence-electron chi connectivity index (χ1n) is 4.73. The van der Waals surface area contributed by atoms with E-state index in [0.29, 0.717) is 5.02 Å². The Morgan fingerprint density at radius 3 is 2.56 bits per heavy atom. The molecule has 1 heterocycles. The first-order valence-corrected chi connectivity index (χ1v) is 6.36. The van der Waals surface area contributed by atoms with Crippen LogP contribution < -0.4 is 0 Å². The van der Waals surface area contributed by atoms with Gasteiger partial charge in [-0.2, -0.15) is 0 Å². The Kier molecular flexibility index (Phi) is 3.53. The maximum absolute atomic E-state index is 12.9. The van der Waals surface area contributed by atoms with Gasteiger partial charge in [0.05, 0.1) is 5.38 Å². The third-order valence-electron chi connectivity index (χ3n) is 2.25. The van der Waals surface area contributed by atoms with Gasteiger partial charge < -0.3 is 0 Å². The molecule has 1 aromatic heterocycles. The number of aryl methyl sites for hydroxylation is 1. The molecule has 1 atom stereocenters. The summed E-state index contributed by atoms with van der Waals surface area (Å²) in [5.74, 6) is -0.347. The molecule has 0 saturated carbocycles. The summed E-state index contributed by atoms with van der Waals surface area (Å²) in [6.07, 6.45) is 0. The van der Waals surface area contributed by atoms with E-state index in [9.17, 15) is 4.39 Å². The van der Waals surface area contributed by atoms with Crippen molar-refractivity contribution in [3.63, 3.8) is 0 Å². The van der Waals surface area contributed by atoms with Gasteiger partial charge in [-0.3, -0.25) is 0 Å². The van der Waals surface area contributed by atoms with Crippen molar-refractivity contribution in [1.29, 1.82) is 0 Å². The molecular weight excluding hydrogens is 266 g/mol. The minimum atomic E-state index is -0.347. The molecule has 0 fully saturated rings. The largest absolute Gasteiger partial charge is 0.207 e. The summed E-state index contributed by atoms with van der Waals surface area (Å²) in [6.45, 7) is 2.02. The Balaban J connectivity index is 2.37. The predicted molar refractivity (Wildman–Crippen MR) is 68.2 cm³/mol. The highest BCUT2D eigenvalue weighted by Gasteiger charge is 2.16. The van der Waals surface area contributed by atoms with Crippen molar-refractivity contribution in [2.24, 2.45) is 0 Å². The van der Waals surface area contributed by atoms with Crippen molar-refractivity contribution >= 4 is 34.5 Å². The minimum absolute atomic E-state index is 0.313. The molecule has 2 rings (SSSR count). The van der Waals surface area contributed by atoms with Crippen LogP contribution in [0.2, 0.25) is 5.02 Å². The second-order valence-electron chi connectivity index (χ2n) is 3.48. The Labute approximate surface area is 108 Å². The summed E-state index contributed by atoms with van der Waals surface area (Å²) in [7, 11) is 0. The number of alkyl halides is 1. The van der Waals surface area contributed by atoms with Crippen molar-refractivity contribution in [1.82, 2.24) is 0 Å². The number of rotatable bonds is 2. The van der Waals surface area contributed by atoms with Gasteiger partial charge in [-0.1, -0.05) is 17.7 Å². The molecule has 2 aromatic rings. The molecule has 0 saturated heterocycles. The van der Waals surface area contributed by atoms with Crippen molar-refractivity contribution in [3.8, 4) is 0 Å². The fourth-order valence-electron chi connectivity index (χ4n) is 1.45. The molecule has 0 N–H and O–H groups in total. The molecule has 0 aliphatic carbocycles. The average Bonchev–Trinajstić information content (AvgIpc) is 2.64. The van der Waals surface area contributed by atoms with Gasteiger partial charge in [-0.15, -0.1) is 22.9 Å². The van der Waals surface area contributed by atoms with Crippen LogP contribution >= 0.6 is 34.5 Å². The standard InChI is InChI=1S/C12H9Cl2FS/c1-7-2-5-11(16-7)12(14)9-4-3-8(15)6-10(9)13/h2-6,12H,1H3. The van der Waals surface area contributed by atoms with Crippen LogP contribution in [0.15, 0.2) is 30.3 Å². The summed E-state index contributed by atoms with van der Waals surface area (Å²) in [6, 6.07) is 8.26. The molecule has 16 heavy (non-hydrogen) atoms. The third kappa shape index (κ3) is 2.40. The zero-order chi connectivity index (χ0) is 11.7. The second kappa shape index (κ2) is 4.74. The Bertz CT molecular complexity index is 507. The SMILES string of the molecule is Cc1ccc(C(Cl)c2ccc(F)cc2Cl)s1. The van der Waals surface area contributed by atoms with Gasteiger partial charge in [0.15, 0.2) is 0 Å². The number of halogens is 3. The van der Waals surface area contributed by atoms with Gasteiger partial charge in [0, 0.05) is 14.8 Å². The summed E-state index contributed by atoms with van der Waals surface area (Å²) in [5.41, 5.74) is 0.742. The van der Waals surface area contributed by atoms with Gasteiger partial charge in [0.2, 0.25) is 0 Å². The first kappa shape index (κ1) is 11.9. The van der Waals surface area contributed by atoms with Crippen LogP contribution in [0.5, 0.6) is 0 Å². The van der Waals surface area contributed by atoms with Gasteiger partial charge in [0.25, 0.3) is 0 Å². The molecule has 1 unspecified atom stereocenters. The van der Waals surface area contributed by atoms with Gasteiger partial charge in [-0.25, -0.2) is 4.39 Å². The lowest BCUT2D eigenvalue weighted by atomic mass is 10.1. The number of thiophene rings is 1. The molecular formula is C12H9Cl2FS. The highest BCUT2D eigenvalue weighted by molar-refractivity contribution is 7.12. The van der Waals surface area contributed by atoms with Gasteiger partial charge >= 0.3 is 0 Å². The Morgan fingerprint density at radius 2 is 2.00 bits per heavy atom. The van der Waals surface area contributed by atoms with Crippen molar-refractivity contribution < 1.29 is 4.39 Å². The Hall–Kier alpha value is -0.570. The topological polar surface area (TPSA) is 0 Å². The Morgan fingerprint density at radius 1 is 1.25 bits per heavy atom. The highest BCUT2D eigenvalue weighted by atomic mass is 35.5. The zero-order valence-corrected chi connectivity index (χ0v) is 10.8. The molecule has 0 spiro atoms. The molecule has 0 amide bonds. The summed E-state index contributed by atoms with van der Waals surface area (Å²) in [5, 5.41) is 0.0536. The van der Waals surface area contributed by atoms with E-state index in [0.717, 1.165) is 10.4 Å². The quantitative estimate of drug-likeness (QED) is 0.663. The van der Waals surface area contributed by atoms with E-state index >= 15 is 0 Å². The average molecular weight is 275 g/mol. The first-order chi connectivity index (χ1) is 7.58. The number of hydrogen-bond donors (Lipinski definition) is 0. The lowest BCUT2D eigenvalue weighted by molar-refractivity contribution is 0.627. The van der Waals surface area contributed by atoms with Gasteiger partial charge in [-0.05, 0) is 36.8 Å². The molecule has 1 aromatic carbocycles. The second-order valence-corrected chi connectivity index (χ2v) is 5.64. The van der Waals surface area contributed by atoms with Crippen LogP contribution in [-0.4, -0.2) is 0 Å². The third-order valence-corrected chi connectivity index (χ3v) is 4.24. The van der Waals surface area contributed by atoms with Crippen LogP contribution in [0.1, 0.15) is 20.7 Å². The molecule has 0 aliphatic rings. The molecule has 84 valence electrons. The zero-order valence-electron chi connectivity index (χ0n) is 8.51. The van der Waals surface area contributed by atoms with Crippen LogP contribution in [-0.2, 0) is 0 Å². The molecule has 0 bridgehead atoms. The molecule has 4 heteroatoms. The summed E-state index contributed by atoms with van der Waals surface area (Å²) < 4.78 is 12.9. The van der Waals surface area contributed by atoms with Crippen LogP contribution in [0.4, 0.5) is 4.39 Å². The van der Waals surface area contributed by atoms with Crippen LogP contribution in [0.3, 0.4) is 0 Å². The van der Waals surface area contributed by atoms with Gasteiger partial charge in [0.1, 0.15) is 5.82 Å². The molecule has 0 nitrogen and oxygen atoms in total. The van der Waals surface area contributed by atoms with E-state index in [1.807, 2.05) is 19.1 Å². The predicted octanol–water partition coefficient (Wildman–Crippen LogP) is 5.18. The van der Waals surface area contributed by atoms with E-state index in [2.05, 4.69) is 0 Å². The minimum Gasteiger partial charge on any atom is -0.207 e. The van der Waals surface area contributed by atoms with E-state index in [1.54, 1.807) is 17.4 Å². The van der Waals surface area contributed by atoms with E-state index in [-0.39, 0.29) is 11.2 Å². The maximum atomic E-state index is 12.9. The van der Waals surface area contributed by atoms with Crippen molar-refractivity contribution in [2.75, 3.05) is 0 Å². The maximum Gasteiger partial charge on any atom is 0.124 e. The van der Waals surface area contributed by atoms with E-state index < -0.39 is 0 Å². The summed E-state index contributed by atoms with van der Waals surface area (Å²) >= 11 is 13.9. The fraction of sp³-hybridized carbons (Fsp3) is 0.167. The van der Waals surface area contributed by atoms with E-state index in [1.165, 1.54) is 17.0 Å². The molecule has 0 aliphatic heterocycles. The smallest absolute Gasteiger partial charge is 0.124 e. The molecule has 0 radical (unpaired) electrons. The highest BCUT2D eigenvalue weighted by Crippen LogP contribution is 2.37. The lowest BCUT2D eigenvalue weighted by Crippen LogP contribution is -1.92. The van der Waals surface area contributed by atoms with Crippen LogP contribution in [0.25, 0.3) is 0 Å². The van der Waals surface area contributed by atoms with Crippen molar-refractivity contribution in [2.45, 2.75) is 12.3 Å². The van der Waals surface area contributed by atoms with E-state index in [4.69, 9.17) is 23.2 Å². The number of hydrogen-bond acceptors (Lipinski definition) is 1. The van der Waals surface area contributed by atoms with Crippen LogP contribution in [0, 0.1) is 12.7 Å². The number of benzene rings is 1. The van der Waals surface area contributed by atoms with Crippen molar-refractivity contribution in [3.05, 3.63) is 56.5 Å². The lowest BCUT2D eigenvalue weighted by Gasteiger charge is -2.09. The fourth-order valence-corrected chi connectivity index (χ4v) is 3.05. The normalized spacial score (nSPS) is 12.8. The monoisotopic (exact) mass is 274 g/mol.